The number of pyridine rings is 1. The normalized spacial score (nSPS) is 9.13. The Morgan fingerprint density at radius 1 is 1.60 bits per heavy atom. The molecule has 1 aromatic heterocycles. The van der Waals surface area contributed by atoms with Gasteiger partial charge in [-0.15, -0.1) is 0 Å². The topological polar surface area (TPSA) is 62.2 Å². The van der Waals surface area contributed by atoms with E-state index in [1.807, 2.05) is 7.05 Å². The summed E-state index contributed by atoms with van der Waals surface area (Å²) in [6.07, 6.45) is 1.53. The van der Waals surface area contributed by atoms with E-state index in [4.69, 9.17) is 5.11 Å². The van der Waals surface area contributed by atoms with Crippen LogP contribution in [0.3, 0.4) is 0 Å². The SMILES string of the molecule is CNCC#Cc1ccc(CC(=O)O)nc1. The molecule has 0 aliphatic carbocycles. The first-order valence-corrected chi connectivity index (χ1v) is 4.52. The number of carbonyl (C=O) groups is 1. The molecule has 15 heavy (non-hydrogen) atoms. The molecule has 0 spiro atoms. The van der Waals surface area contributed by atoms with Crippen molar-refractivity contribution in [1.82, 2.24) is 10.3 Å². The lowest BCUT2D eigenvalue weighted by Crippen LogP contribution is -2.04. The molecule has 78 valence electrons. The van der Waals surface area contributed by atoms with Crippen LogP contribution in [-0.2, 0) is 11.2 Å². The largest absolute Gasteiger partial charge is 0.481 e. The van der Waals surface area contributed by atoms with Crippen LogP contribution in [0.1, 0.15) is 11.3 Å². The molecule has 0 saturated heterocycles. The van der Waals surface area contributed by atoms with Gasteiger partial charge in [0.15, 0.2) is 0 Å². The smallest absolute Gasteiger partial charge is 0.309 e. The molecule has 2 N–H and O–H groups in total. The van der Waals surface area contributed by atoms with Gasteiger partial charge in [-0.1, -0.05) is 11.8 Å². The van der Waals surface area contributed by atoms with Crippen LogP contribution in [0.2, 0.25) is 0 Å². The summed E-state index contributed by atoms with van der Waals surface area (Å²) in [4.78, 5) is 14.4. The Morgan fingerprint density at radius 3 is 2.93 bits per heavy atom. The molecule has 1 aromatic rings. The highest BCUT2D eigenvalue weighted by atomic mass is 16.4. The second-order valence-electron chi connectivity index (χ2n) is 2.94. The summed E-state index contributed by atoms with van der Waals surface area (Å²) in [6, 6.07) is 3.45. The van der Waals surface area contributed by atoms with Gasteiger partial charge < -0.3 is 10.4 Å². The molecule has 0 aromatic carbocycles. The summed E-state index contributed by atoms with van der Waals surface area (Å²) in [5.74, 6) is 4.92. The monoisotopic (exact) mass is 204 g/mol. The standard InChI is InChI=1S/C11H12N2O2/c1-12-6-2-3-9-4-5-10(13-8-9)7-11(14)15/h4-5,8,12H,6-7H2,1H3,(H,14,15). The van der Waals surface area contributed by atoms with E-state index in [1.54, 1.807) is 18.3 Å². The Balaban J connectivity index is 2.65. The van der Waals surface area contributed by atoms with Crippen LogP contribution in [-0.4, -0.2) is 29.7 Å². The average Bonchev–Trinajstić information content (AvgIpc) is 2.20. The van der Waals surface area contributed by atoms with E-state index in [2.05, 4.69) is 22.1 Å². The minimum Gasteiger partial charge on any atom is -0.481 e. The fourth-order valence-corrected chi connectivity index (χ4v) is 0.993. The molecule has 0 saturated carbocycles. The maximum atomic E-state index is 10.4. The van der Waals surface area contributed by atoms with Gasteiger partial charge in [-0.25, -0.2) is 0 Å². The molecule has 0 aliphatic rings. The van der Waals surface area contributed by atoms with Gasteiger partial charge in [-0.2, -0.15) is 0 Å². The van der Waals surface area contributed by atoms with E-state index in [0.29, 0.717) is 12.2 Å². The fraction of sp³-hybridized carbons (Fsp3) is 0.273. The number of carboxylic acids is 1. The van der Waals surface area contributed by atoms with Crippen molar-refractivity contribution in [3.8, 4) is 11.8 Å². The Bertz CT molecular complexity index is 387. The van der Waals surface area contributed by atoms with Crippen molar-refractivity contribution in [2.45, 2.75) is 6.42 Å². The van der Waals surface area contributed by atoms with E-state index in [-0.39, 0.29) is 6.42 Å². The molecule has 0 fully saturated rings. The number of aliphatic carboxylic acids is 1. The molecule has 0 amide bonds. The maximum absolute atomic E-state index is 10.4. The third-order valence-corrected chi connectivity index (χ3v) is 1.65. The van der Waals surface area contributed by atoms with Crippen LogP contribution >= 0.6 is 0 Å². The maximum Gasteiger partial charge on any atom is 0.309 e. The van der Waals surface area contributed by atoms with Gasteiger partial charge in [0, 0.05) is 11.8 Å². The van der Waals surface area contributed by atoms with Crippen LogP contribution in [0.4, 0.5) is 0 Å². The second-order valence-corrected chi connectivity index (χ2v) is 2.94. The van der Waals surface area contributed by atoms with Gasteiger partial charge in [-0.3, -0.25) is 9.78 Å². The van der Waals surface area contributed by atoms with E-state index in [1.165, 1.54) is 0 Å². The van der Waals surface area contributed by atoms with E-state index < -0.39 is 5.97 Å². The van der Waals surface area contributed by atoms with Gasteiger partial charge in [-0.05, 0) is 19.2 Å². The zero-order valence-electron chi connectivity index (χ0n) is 8.45. The van der Waals surface area contributed by atoms with Gasteiger partial charge >= 0.3 is 5.97 Å². The Labute approximate surface area is 88.3 Å². The van der Waals surface area contributed by atoms with Crippen molar-refractivity contribution in [2.75, 3.05) is 13.6 Å². The molecule has 0 unspecified atom stereocenters. The van der Waals surface area contributed by atoms with Crippen molar-refractivity contribution in [1.29, 1.82) is 0 Å². The highest BCUT2D eigenvalue weighted by Gasteiger charge is 2.00. The third-order valence-electron chi connectivity index (χ3n) is 1.65. The van der Waals surface area contributed by atoms with Gasteiger partial charge in [0.1, 0.15) is 0 Å². The number of hydrogen-bond donors (Lipinski definition) is 2. The van der Waals surface area contributed by atoms with Crippen molar-refractivity contribution in [2.24, 2.45) is 0 Å². The molecule has 4 heteroatoms. The summed E-state index contributed by atoms with van der Waals surface area (Å²) < 4.78 is 0. The first-order valence-electron chi connectivity index (χ1n) is 4.52. The molecule has 1 rings (SSSR count). The van der Waals surface area contributed by atoms with Crippen LogP contribution in [0, 0.1) is 11.8 Å². The van der Waals surface area contributed by atoms with Crippen LogP contribution in [0.5, 0.6) is 0 Å². The predicted molar refractivity (Wildman–Crippen MR) is 56.4 cm³/mol. The highest BCUT2D eigenvalue weighted by Crippen LogP contribution is 1.99. The van der Waals surface area contributed by atoms with Crippen LogP contribution in [0.25, 0.3) is 0 Å². The molecule has 0 bridgehead atoms. The lowest BCUT2D eigenvalue weighted by molar-refractivity contribution is -0.136. The molecule has 0 aliphatic heterocycles. The molecular weight excluding hydrogens is 192 g/mol. The third kappa shape index (κ3) is 4.25. The number of hydrogen-bond acceptors (Lipinski definition) is 3. The van der Waals surface area contributed by atoms with Crippen molar-refractivity contribution in [3.05, 3.63) is 29.6 Å². The van der Waals surface area contributed by atoms with Crippen molar-refractivity contribution in [3.63, 3.8) is 0 Å². The minimum atomic E-state index is -0.878. The van der Waals surface area contributed by atoms with E-state index in [0.717, 1.165) is 5.56 Å². The summed E-state index contributed by atoms with van der Waals surface area (Å²) in [5.41, 5.74) is 1.33. The number of rotatable bonds is 3. The Morgan fingerprint density at radius 2 is 2.40 bits per heavy atom. The number of carboxylic acid groups (broad SMARTS) is 1. The first-order chi connectivity index (χ1) is 7.22. The quantitative estimate of drug-likeness (QED) is 0.694. The number of aromatic nitrogens is 1. The highest BCUT2D eigenvalue weighted by molar-refractivity contribution is 5.69. The lowest BCUT2D eigenvalue weighted by atomic mass is 10.2. The van der Waals surface area contributed by atoms with Gasteiger partial charge in [0.25, 0.3) is 0 Å². The molecule has 1 heterocycles. The molecule has 0 radical (unpaired) electrons. The zero-order valence-corrected chi connectivity index (χ0v) is 8.45. The molecule has 4 nitrogen and oxygen atoms in total. The Kier molecular flexibility index (Phi) is 4.32. The van der Waals surface area contributed by atoms with Crippen molar-refractivity contribution < 1.29 is 9.90 Å². The summed E-state index contributed by atoms with van der Waals surface area (Å²) in [7, 11) is 1.82. The average molecular weight is 204 g/mol. The fourth-order valence-electron chi connectivity index (χ4n) is 0.993. The van der Waals surface area contributed by atoms with Gasteiger partial charge in [0.2, 0.25) is 0 Å². The Hall–Kier alpha value is -1.86. The van der Waals surface area contributed by atoms with Gasteiger partial charge in [0.05, 0.1) is 18.7 Å². The van der Waals surface area contributed by atoms with E-state index >= 15 is 0 Å². The zero-order chi connectivity index (χ0) is 11.1. The molecular formula is C11H12N2O2. The predicted octanol–water partition coefficient (Wildman–Crippen LogP) is 0.280. The molecule has 0 atom stereocenters. The number of nitrogens with one attached hydrogen (secondary N) is 1. The second kappa shape index (κ2) is 5.78. The summed E-state index contributed by atoms with van der Waals surface area (Å²) in [6.45, 7) is 0.622. The number of nitrogens with zero attached hydrogens (tertiary/aromatic N) is 1. The van der Waals surface area contributed by atoms with E-state index in [9.17, 15) is 4.79 Å². The van der Waals surface area contributed by atoms with Crippen LogP contribution < -0.4 is 5.32 Å². The summed E-state index contributed by atoms with van der Waals surface area (Å²) in [5, 5.41) is 11.4. The first kappa shape index (κ1) is 11.2. The lowest BCUT2D eigenvalue weighted by Gasteiger charge is -1.95. The van der Waals surface area contributed by atoms with Crippen molar-refractivity contribution >= 4 is 5.97 Å². The summed E-state index contributed by atoms with van der Waals surface area (Å²) >= 11 is 0. The minimum absolute atomic E-state index is 0.0514. The van der Waals surface area contributed by atoms with Crippen LogP contribution in [0.15, 0.2) is 18.3 Å².